The molecule has 2 amide bonds. The number of amides is 2. The molecule has 1 N–H and O–H groups in total. The Hall–Kier alpha value is -3.88. The van der Waals surface area contributed by atoms with E-state index in [1.54, 1.807) is 13.0 Å². The van der Waals surface area contributed by atoms with Gasteiger partial charge in [0.2, 0.25) is 17.6 Å². The number of nitrogens with zero attached hydrogens (tertiary/aromatic N) is 4. The van der Waals surface area contributed by atoms with Gasteiger partial charge in [0.1, 0.15) is 18.1 Å². The number of aryl methyl sites for hydroxylation is 1. The molecule has 0 atom stereocenters. The second-order valence-corrected chi connectivity index (χ2v) is 6.82. The normalized spacial score (nSPS) is 13.9. The van der Waals surface area contributed by atoms with E-state index in [0.717, 1.165) is 16.1 Å². The van der Waals surface area contributed by atoms with E-state index in [1.165, 1.54) is 12.1 Å². The lowest BCUT2D eigenvalue weighted by atomic mass is 10.1. The van der Waals surface area contributed by atoms with Gasteiger partial charge in [-0.25, -0.2) is 9.40 Å². The van der Waals surface area contributed by atoms with Crippen molar-refractivity contribution >= 4 is 23.2 Å². The number of rotatable bonds is 5. The highest BCUT2D eigenvalue weighted by Gasteiger charge is 2.26. The van der Waals surface area contributed by atoms with E-state index in [-0.39, 0.29) is 30.5 Å². The summed E-state index contributed by atoms with van der Waals surface area (Å²) in [6.45, 7) is 1.40. The van der Waals surface area contributed by atoms with Crippen molar-refractivity contribution in [3.63, 3.8) is 0 Å². The molecule has 3 aromatic rings. The van der Waals surface area contributed by atoms with Gasteiger partial charge in [0.05, 0.1) is 5.69 Å². The Morgan fingerprint density at radius 1 is 1.20 bits per heavy atom. The number of carbonyl (C=O) groups is 2. The minimum Gasteiger partial charge on any atom is -0.332 e. The monoisotopic (exact) mass is 407 g/mol. The lowest BCUT2D eigenvalue weighted by Crippen LogP contribution is -2.38. The standard InChI is InChI=1S/C21H18FN5O3/c1-13-7-8-16(15(22)11-13)23-18(28)12-27-19(29)10-9-17(25-27)21-24-20(26-30-21)14-5-3-2-4-6-14/h2-8,11H,9-10,12H2,1H3,(H,23,28). The summed E-state index contributed by atoms with van der Waals surface area (Å²) < 4.78 is 19.2. The maximum Gasteiger partial charge on any atom is 0.274 e. The number of nitrogens with one attached hydrogen (secondary N) is 1. The highest BCUT2D eigenvalue weighted by molar-refractivity contribution is 6.02. The van der Waals surface area contributed by atoms with Gasteiger partial charge < -0.3 is 9.84 Å². The van der Waals surface area contributed by atoms with Crippen LogP contribution in [0.15, 0.2) is 58.2 Å². The predicted molar refractivity (Wildman–Crippen MR) is 107 cm³/mol. The molecule has 0 bridgehead atoms. The van der Waals surface area contributed by atoms with E-state index in [2.05, 4.69) is 20.6 Å². The van der Waals surface area contributed by atoms with E-state index in [4.69, 9.17) is 4.52 Å². The number of hydrogen-bond donors (Lipinski definition) is 1. The third-order valence-corrected chi connectivity index (χ3v) is 4.50. The Labute approximate surface area is 171 Å². The van der Waals surface area contributed by atoms with Crippen LogP contribution in [0.4, 0.5) is 10.1 Å². The molecular formula is C21H18FN5O3. The molecular weight excluding hydrogens is 389 g/mol. The molecule has 1 aliphatic rings. The highest BCUT2D eigenvalue weighted by atomic mass is 19.1. The fraction of sp³-hybridized carbons (Fsp3) is 0.190. The first-order valence-electron chi connectivity index (χ1n) is 9.33. The van der Waals surface area contributed by atoms with Gasteiger partial charge in [0.15, 0.2) is 0 Å². The van der Waals surface area contributed by atoms with E-state index >= 15 is 0 Å². The average molecular weight is 407 g/mol. The van der Waals surface area contributed by atoms with Gasteiger partial charge in [-0.1, -0.05) is 41.6 Å². The van der Waals surface area contributed by atoms with E-state index in [9.17, 15) is 14.0 Å². The first-order chi connectivity index (χ1) is 14.5. The Balaban J connectivity index is 1.48. The van der Waals surface area contributed by atoms with Crippen LogP contribution >= 0.6 is 0 Å². The summed E-state index contributed by atoms with van der Waals surface area (Å²) in [4.78, 5) is 28.8. The second-order valence-electron chi connectivity index (χ2n) is 6.82. The van der Waals surface area contributed by atoms with Crippen molar-refractivity contribution in [2.24, 2.45) is 5.10 Å². The quantitative estimate of drug-likeness (QED) is 0.700. The average Bonchev–Trinajstić information content (AvgIpc) is 3.23. The molecule has 4 rings (SSSR count). The number of hydrogen-bond acceptors (Lipinski definition) is 6. The summed E-state index contributed by atoms with van der Waals surface area (Å²) in [6.07, 6.45) is 0.466. The molecule has 0 radical (unpaired) electrons. The number of aromatic nitrogens is 2. The molecule has 0 aliphatic carbocycles. The van der Waals surface area contributed by atoms with Crippen molar-refractivity contribution in [2.45, 2.75) is 19.8 Å². The molecule has 2 aromatic carbocycles. The Morgan fingerprint density at radius 3 is 2.77 bits per heavy atom. The van der Waals surface area contributed by atoms with Crippen molar-refractivity contribution in [1.82, 2.24) is 15.1 Å². The largest absolute Gasteiger partial charge is 0.332 e. The SMILES string of the molecule is Cc1ccc(NC(=O)CN2N=C(c3nc(-c4ccccc4)no3)CCC2=O)c(F)c1. The first kappa shape index (κ1) is 19.4. The van der Waals surface area contributed by atoms with Gasteiger partial charge in [-0.3, -0.25) is 9.59 Å². The van der Waals surface area contributed by atoms with Crippen LogP contribution < -0.4 is 5.32 Å². The zero-order valence-electron chi connectivity index (χ0n) is 16.1. The lowest BCUT2D eigenvalue weighted by Gasteiger charge is -2.21. The minimum absolute atomic E-state index is 0.0451. The maximum atomic E-state index is 13.9. The lowest BCUT2D eigenvalue weighted by molar-refractivity contribution is -0.135. The van der Waals surface area contributed by atoms with Crippen LogP contribution in [-0.2, 0) is 9.59 Å². The van der Waals surface area contributed by atoms with E-state index in [0.29, 0.717) is 18.0 Å². The molecule has 0 unspecified atom stereocenters. The highest BCUT2D eigenvalue weighted by Crippen LogP contribution is 2.19. The molecule has 30 heavy (non-hydrogen) atoms. The molecule has 0 fully saturated rings. The molecule has 0 spiro atoms. The van der Waals surface area contributed by atoms with E-state index < -0.39 is 11.7 Å². The molecule has 1 aromatic heterocycles. The van der Waals surface area contributed by atoms with Crippen molar-refractivity contribution in [3.8, 4) is 11.4 Å². The number of carbonyl (C=O) groups excluding carboxylic acids is 2. The molecule has 0 saturated heterocycles. The summed E-state index contributed by atoms with van der Waals surface area (Å²) in [5.41, 5.74) is 1.99. The third-order valence-electron chi connectivity index (χ3n) is 4.50. The van der Waals surface area contributed by atoms with Gasteiger partial charge >= 0.3 is 0 Å². The molecule has 8 nitrogen and oxygen atoms in total. The summed E-state index contributed by atoms with van der Waals surface area (Å²) in [5.74, 6) is -0.829. The zero-order chi connectivity index (χ0) is 21.1. The second kappa shape index (κ2) is 8.24. The van der Waals surface area contributed by atoms with Crippen LogP contribution in [0, 0.1) is 12.7 Å². The van der Waals surface area contributed by atoms with Crippen molar-refractivity contribution in [3.05, 3.63) is 65.8 Å². The fourth-order valence-corrected chi connectivity index (χ4v) is 2.97. The first-order valence-corrected chi connectivity index (χ1v) is 9.33. The summed E-state index contributed by atoms with van der Waals surface area (Å²) in [6, 6.07) is 13.8. The van der Waals surface area contributed by atoms with Crippen LogP contribution in [0.5, 0.6) is 0 Å². The van der Waals surface area contributed by atoms with Crippen LogP contribution in [0.3, 0.4) is 0 Å². The third kappa shape index (κ3) is 4.24. The van der Waals surface area contributed by atoms with Crippen molar-refractivity contribution < 1.29 is 18.5 Å². The molecule has 152 valence electrons. The smallest absolute Gasteiger partial charge is 0.274 e. The van der Waals surface area contributed by atoms with Gasteiger partial charge in [0, 0.05) is 18.4 Å². The zero-order valence-corrected chi connectivity index (χ0v) is 16.1. The van der Waals surface area contributed by atoms with Gasteiger partial charge in [-0.15, -0.1) is 0 Å². The molecule has 0 saturated carbocycles. The van der Waals surface area contributed by atoms with Crippen LogP contribution in [0.25, 0.3) is 11.4 Å². The van der Waals surface area contributed by atoms with Crippen molar-refractivity contribution in [1.29, 1.82) is 0 Å². The van der Waals surface area contributed by atoms with E-state index in [1.807, 2.05) is 30.3 Å². The maximum absolute atomic E-state index is 13.9. The van der Waals surface area contributed by atoms with Crippen LogP contribution in [0.2, 0.25) is 0 Å². The molecule has 1 aliphatic heterocycles. The van der Waals surface area contributed by atoms with Gasteiger partial charge in [-0.05, 0) is 24.6 Å². The Morgan fingerprint density at radius 2 is 2.00 bits per heavy atom. The fourth-order valence-electron chi connectivity index (χ4n) is 2.97. The number of benzene rings is 2. The van der Waals surface area contributed by atoms with Gasteiger partial charge in [0.25, 0.3) is 5.89 Å². The van der Waals surface area contributed by atoms with Gasteiger partial charge in [-0.2, -0.15) is 10.1 Å². The Bertz CT molecular complexity index is 1130. The van der Waals surface area contributed by atoms with Crippen LogP contribution in [0.1, 0.15) is 24.3 Å². The topological polar surface area (TPSA) is 101 Å². The molecule has 9 heteroatoms. The number of hydrazone groups is 1. The minimum atomic E-state index is -0.563. The van der Waals surface area contributed by atoms with Crippen molar-refractivity contribution in [2.75, 3.05) is 11.9 Å². The molecule has 2 heterocycles. The predicted octanol–water partition coefficient (Wildman–Crippen LogP) is 3.15. The summed E-state index contributed by atoms with van der Waals surface area (Å²) in [5, 5.41) is 11.6. The Kier molecular flexibility index (Phi) is 5.34. The summed E-state index contributed by atoms with van der Waals surface area (Å²) >= 11 is 0. The summed E-state index contributed by atoms with van der Waals surface area (Å²) in [7, 11) is 0. The van der Waals surface area contributed by atoms with Crippen LogP contribution in [-0.4, -0.2) is 39.2 Å². The number of anilines is 1. The number of halogens is 1.